The molecule has 0 aliphatic carbocycles. The number of halogens is 2. The smallest absolute Gasteiger partial charge is 0.242 e. The van der Waals surface area contributed by atoms with E-state index in [2.05, 4.69) is 23.5 Å². The number of nitrogens with zero attached hydrogens (tertiary/aromatic N) is 1. The van der Waals surface area contributed by atoms with Gasteiger partial charge in [-0.2, -0.15) is 0 Å². The molecule has 1 rings (SSSR count). The lowest BCUT2D eigenvalue weighted by Gasteiger charge is -2.20. The Morgan fingerprint density at radius 1 is 1.23 bits per heavy atom. The predicted molar refractivity (Wildman–Crippen MR) is 93.3 cm³/mol. The highest BCUT2D eigenvalue weighted by Gasteiger charge is 2.20. The van der Waals surface area contributed by atoms with Gasteiger partial charge in [-0.25, -0.2) is 13.1 Å². The van der Waals surface area contributed by atoms with Crippen LogP contribution in [0.1, 0.15) is 33.6 Å². The fourth-order valence-corrected chi connectivity index (χ4v) is 4.27. The lowest BCUT2D eigenvalue weighted by atomic mass is 10.2. The highest BCUT2D eigenvalue weighted by molar-refractivity contribution is 7.89. The van der Waals surface area contributed by atoms with E-state index in [-0.39, 0.29) is 16.0 Å². The molecule has 0 aliphatic heterocycles. The first-order chi connectivity index (χ1) is 10.3. The summed E-state index contributed by atoms with van der Waals surface area (Å²) in [5, 5.41) is 0.520. The zero-order valence-corrected chi connectivity index (χ0v) is 15.6. The van der Waals surface area contributed by atoms with Crippen molar-refractivity contribution in [3.8, 4) is 0 Å². The average molecular weight is 367 g/mol. The van der Waals surface area contributed by atoms with Gasteiger partial charge in [0.05, 0.1) is 5.02 Å². The van der Waals surface area contributed by atoms with E-state index >= 15 is 0 Å². The molecule has 1 atom stereocenters. The number of hydrogen-bond acceptors (Lipinski definition) is 3. The molecule has 22 heavy (non-hydrogen) atoms. The van der Waals surface area contributed by atoms with Gasteiger partial charge in [0.1, 0.15) is 4.90 Å². The maximum Gasteiger partial charge on any atom is 0.242 e. The number of hydrogen-bond donors (Lipinski definition) is 1. The normalized spacial score (nSPS) is 13.5. The summed E-state index contributed by atoms with van der Waals surface area (Å²) in [6.07, 6.45) is 1.71. The van der Waals surface area contributed by atoms with Gasteiger partial charge in [0.25, 0.3) is 0 Å². The minimum atomic E-state index is -3.65. The third-order valence-electron chi connectivity index (χ3n) is 3.55. The Hall–Kier alpha value is -0.330. The van der Waals surface area contributed by atoms with Crippen LogP contribution in [0.4, 0.5) is 0 Å². The minimum Gasteiger partial charge on any atom is -0.304 e. The molecule has 0 radical (unpaired) electrons. The third-order valence-corrected chi connectivity index (χ3v) is 5.85. The van der Waals surface area contributed by atoms with Crippen molar-refractivity contribution in [1.29, 1.82) is 0 Å². The van der Waals surface area contributed by atoms with Crippen LogP contribution in [0.3, 0.4) is 0 Å². The van der Waals surface area contributed by atoms with Gasteiger partial charge in [0.15, 0.2) is 0 Å². The SMILES string of the molecule is CCN(CC)CCC[C@@H](C)NS(=O)(=O)c1cc(Cl)ccc1Cl. The number of benzene rings is 1. The molecule has 0 bridgehead atoms. The molecule has 0 aliphatic rings. The van der Waals surface area contributed by atoms with Crippen LogP contribution in [0.15, 0.2) is 23.1 Å². The van der Waals surface area contributed by atoms with Crippen LogP contribution < -0.4 is 4.72 Å². The second-order valence-corrected chi connectivity index (χ2v) is 7.79. The molecule has 1 N–H and O–H groups in total. The Balaban J connectivity index is 2.62. The van der Waals surface area contributed by atoms with Crippen LogP contribution in [0.2, 0.25) is 10.0 Å². The highest BCUT2D eigenvalue weighted by atomic mass is 35.5. The van der Waals surface area contributed by atoms with Gasteiger partial charge in [0.2, 0.25) is 10.0 Å². The van der Waals surface area contributed by atoms with Gasteiger partial charge in [0, 0.05) is 11.1 Å². The Morgan fingerprint density at radius 3 is 2.45 bits per heavy atom. The quantitative estimate of drug-likeness (QED) is 0.723. The van der Waals surface area contributed by atoms with Gasteiger partial charge in [-0.1, -0.05) is 37.0 Å². The van der Waals surface area contributed by atoms with E-state index < -0.39 is 10.0 Å². The van der Waals surface area contributed by atoms with Crippen molar-refractivity contribution in [2.75, 3.05) is 19.6 Å². The molecular weight excluding hydrogens is 343 g/mol. The van der Waals surface area contributed by atoms with Crippen molar-refractivity contribution in [3.05, 3.63) is 28.2 Å². The highest BCUT2D eigenvalue weighted by Crippen LogP contribution is 2.25. The van der Waals surface area contributed by atoms with Gasteiger partial charge in [-0.05, 0) is 57.6 Å². The number of rotatable bonds is 9. The Bertz CT molecular complexity index is 575. The minimum absolute atomic E-state index is 0.0252. The van der Waals surface area contributed by atoms with Crippen LogP contribution >= 0.6 is 23.2 Å². The summed E-state index contributed by atoms with van der Waals surface area (Å²) >= 11 is 11.8. The summed E-state index contributed by atoms with van der Waals surface area (Å²) < 4.78 is 27.4. The zero-order valence-electron chi connectivity index (χ0n) is 13.3. The van der Waals surface area contributed by atoms with Crippen molar-refractivity contribution in [3.63, 3.8) is 0 Å². The van der Waals surface area contributed by atoms with E-state index in [0.717, 1.165) is 32.5 Å². The lowest BCUT2D eigenvalue weighted by Crippen LogP contribution is -2.33. The van der Waals surface area contributed by atoms with Gasteiger partial charge < -0.3 is 4.90 Å². The molecule has 0 fully saturated rings. The van der Waals surface area contributed by atoms with Crippen molar-refractivity contribution in [2.45, 2.75) is 44.6 Å². The fraction of sp³-hybridized carbons (Fsp3) is 0.600. The van der Waals surface area contributed by atoms with E-state index in [4.69, 9.17) is 23.2 Å². The molecule has 126 valence electrons. The molecule has 1 aromatic rings. The maximum atomic E-state index is 12.4. The molecule has 0 spiro atoms. The fourth-order valence-electron chi connectivity index (χ4n) is 2.23. The summed E-state index contributed by atoms with van der Waals surface area (Å²) in [4.78, 5) is 2.34. The van der Waals surface area contributed by atoms with Crippen molar-refractivity contribution in [2.24, 2.45) is 0 Å². The number of nitrogens with one attached hydrogen (secondary N) is 1. The average Bonchev–Trinajstić information content (AvgIpc) is 2.45. The molecule has 0 amide bonds. The van der Waals surface area contributed by atoms with Crippen LogP contribution in [-0.2, 0) is 10.0 Å². The Morgan fingerprint density at radius 2 is 1.86 bits per heavy atom. The Labute approximate surface area is 143 Å². The molecule has 0 heterocycles. The summed E-state index contributed by atoms with van der Waals surface area (Å²) in [5.74, 6) is 0. The second-order valence-electron chi connectivity index (χ2n) is 5.27. The van der Waals surface area contributed by atoms with Crippen molar-refractivity contribution in [1.82, 2.24) is 9.62 Å². The predicted octanol–water partition coefficient (Wildman–Crippen LogP) is 3.78. The Kier molecular flexibility index (Phi) is 8.14. The standard InChI is InChI=1S/C15H24Cl2N2O2S/c1-4-19(5-2)10-6-7-12(3)18-22(20,21)15-11-13(16)8-9-14(15)17/h8-9,11-12,18H,4-7,10H2,1-3H3/t12-/m1/s1. The van der Waals surface area contributed by atoms with E-state index in [1.807, 2.05) is 6.92 Å². The molecule has 7 heteroatoms. The molecule has 0 unspecified atom stereocenters. The first-order valence-corrected chi connectivity index (χ1v) is 9.73. The largest absolute Gasteiger partial charge is 0.304 e. The van der Waals surface area contributed by atoms with Crippen molar-refractivity contribution < 1.29 is 8.42 Å². The van der Waals surface area contributed by atoms with E-state index in [1.54, 1.807) is 6.07 Å². The molecule has 0 saturated carbocycles. The van der Waals surface area contributed by atoms with Crippen LogP contribution in [0, 0.1) is 0 Å². The summed E-state index contributed by atoms with van der Waals surface area (Å²) in [6, 6.07) is 4.27. The zero-order chi connectivity index (χ0) is 16.8. The van der Waals surface area contributed by atoms with Gasteiger partial charge >= 0.3 is 0 Å². The molecular formula is C15H24Cl2N2O2S. The first kappa shape index (κ1) is 19.7. The molecule has 4 nitrogen and oxygen atoms in total. The summed E-state index contributed by atoms with van der Waals surface area (Å²) in [6.45, 7) is 9.09. The van der Waals surface area contributed by atoms with Gasteiger partial charge in [-0.3, -0.25) is 0 Å². The summed E-state index contributed by atoms with van der Waals surface area (Å²) in [5.41, 5.74) is 0. The molecule has 0 saturated heterocycles. The topological polar surface area (TPSA) is 49.4 Å². The summed E-state index contributed by atoms with van der Waals surface area (Å²) in [7, 11) is -3.65. The van der Waals surface area contributed by atoms with Crippen molar-refractivity contribution >= 4 is 33.2 Å². The van der Waals surface area contributed by atoms with E-state index in [0.29, 0.717) is 5.02 Å². The maximum absolute atomic E-state index is 12.4. The lowest BCUT2D eigenvalue weighted by molar-refractivity contribution is 0.293. The second kappa shape index (κ2) is 9.08. The van der Waals surface area contributed by atoms with Crippen LogP contribution in [0.5, 0.6) is 0 Å². The monoisotopic (exact) mass is 366 g/mol. The van der Waals surface area contributed by atoms with E-state index in [1.165, 1.54) is 12.1 Å². The first-order valence-electron chi connectivity index (χ1n) is 7.49. The van der Waals surface area contributed by atoms with Gasteiger partial charge in [-0.15, -0.1) is 0 Å². The van der Waals surface area contributed by atoms with Crippen LogP contribution in [-0.4, -0.2) is 39.0 Å². The van der Waals surface area contributed by atoms with Crippen LogP contribution in [0.25, 0.3) is 0 Å². The van der Waals surface area contributed by atoms with E-state index in [9.17, 15) is 8.42 Å². The molecule has 0 aromatic heterocycles. The molecule has 1 aromatic carbocycles. The third kappa shape index (κ3) is 6.05. The number of sulfonamides is 1.